The Morgan fingerprint density at radius 1 is 1.47 bits per heavy atom. The van der Waals surface area contributed by atoms with Crippen molar-refractivity contribution in [3.63, 3.8) is 0 Å². The highest BCUT2D eigenvalue weighted by Crippen LogP contribution is 2.16. The maximum absolute atomic E-state index is 10.5. The van der Waals surface area contributed by atoms with E-state index in [0.29, 0.717) is 12.4 Å². The largest absolute Gasteiger partial charge is 0.475 e. The number of carboxylic acid groups (broad SMARTS) is 1. The average Bonchev–Trinajstić information content (AvgIpc) is 2.86. The van der Waals surface area contributed by atoms with Gasteiger partial charge in [-0.05, 0) is 17.5 Å². The Hall–Kier alpha value is -1.75. The van der Waals surface area contributed by atoms with Crippen LogP contribution in [0.5, 0.6) is 0 Å². The second-order valence-corrected chi connectivity index (χ2v) is 3.93. The summed E-state index contributed by atoms with van der Waals surface area (Å²) < 4.78 is 5.04. The Balaban J connectivity index is 1.96. The van der Waals surface area contributed by atoms with Crippen LogP contribution in [0, 0.1) is 0 Å². The van der Waals surface area contributed by atoms with Crippen LogP contribution in [0.15, 0.2) is 34.1 Å². The predicted molar refractivity (Wildman–Crippen MR) is 57.3 cm³/mol. The number of rotatable bonds is 4. The highest BCUT2D eigenvalue weighted by Gasteiger charge is 2.08. The molecule has 0 radical (unpaired) electrons. The zero-order valence-electron chi connectivity index (χ0n) is 7.77. The van der Waals surface area contributed by atoms with Crippen LogP contribution in [0.3, 0.4) is 0 Å². The summed E-state index contributed by atoms with van der Waals surface area (Å²) in [5.41, 5.74) is 0. The van der Waals surface area contributed by atoms with Crippen LogP contribution in [0.1, 0.15) is 15.4 Å². The van der Waals surface area contributed by atoms with Crippen molar-refractivity contribution in [2.75, 3.05) is 5.32 Å². The normalized spacial score (nSPS) is 10.1. The van der Waals surface area contributed by atoms with E-state index >= 15 is 0 Å². The molecule has 0 saturated carbocycles. The van der Waals surface area contributed by atoms with Crippen LogP contribution in [-0.4, -0.2) is 11.1 Å². The fourth-order valence-electron chi connectivity index (χ4n) is 1.14. The summed E-state index contributed by atoms with van der Waals surface area (Å²) in [5, 5.41) is 13.6. The minimum Gasteiger partial charge on any atom is -0.475 e. The standard InChI is InChI=1S/C10H9NO3S/c12-10(13)8-3-4-9(14-8)11-6-7-2-1-5-15-7/h1-5,11H,6H2,(H,12,13). The molecule has 2 rings (SSSR count). The summed E-state index contributed by atoms with van der Waals surface area (Å²) in [5.74, 6) is -0.636. The Labute approximate surface area is 90.2 Å². The summed E-state index contributed by atoms with van der Waals surface area (Å²) in [4.78, 5) is 11.7. The van der Waals surface area contributed by atoms with Gasteiger partial charge in [-0.1, -0.05) is 6.07 Å². The van der Waals surface area contributed by atoms with E-state index in [9.17, 15) is 4.79 Å². The number of furan rings is 1. The zero-order valence-corrected chi connectivity index (χ0v) is 8.58. The maximum atomic E-state index is 10.5. The third-order valence-corrected chi connectivity index (χ3v) is 2.71. The number of nitrogens with one attached hydrogen (secondary N) is 1. The number of hydrogen-bond donors (Lipinski definition) is 2. The Bertz CT molecular complexity index is 447. The predicted octanol–water partition coefficient (Wildman–Crippen LogP) is 2.65. The molecule has 5 heteroatoms. The van der Waals surface area contributed by atoms with Gasteiger partial charge in [-0.2, -0.15) is 0 Å². The zero-order chi connectivity index (χ0) is 10.7. The molecule has 0 aliphatic heterocycles. The third kappa shape index (κ3) is 2.38. The molecule has 15 heavy (non-hydrogen) atoms. The summed E-state index contributed by atoms with van der Waals surface area (Å²) in [6, 6.07) is 7.00. The molecule has 0 unspecified atom stereocenters. The van der Waals surface area contributed by atoms with Crippen LogP contribution >= 0.6 is 11.3 Å². The lowest BCUT2D eigenvalue weighted by Crippen LogP contribution is -1.96. The molecule has 4 nitrogen and oxygen atoms in total. The molecule has 0 saturated heterocycles. The summed E-state index contributed by atoms with van der Waals surface area (Å²) in [6.45, 7) is 0.643. The first-order valence-corrected chi connectivity index (χ1v) is 5.23. The van der Waals surface area contributed by atoms with Gasteiger partial charge < -0.3 is 14.8 Å². The number of carbonyl (C=O) groups is 1. The number of hydrogen-bond acceptors (Lipinski definition) is 4. The summed E-state index contributed by atoms with van der Waals surface area (Å²) in [7, 11) is 0. The minimum atomic E-state index is -1.06. The molecule has 0 bridgehead atoms. The lowest BCUT2D eigenvalue weighted by Gasteiger charge is -1.99. The first-order chi connectivity index (χ1) is 7.25. The van der Waals surface area contributed by atoms with Crippen LogP contribution in [0.25, 0.3) is 0 Å². The SMILES string of the molecule is O=C(O)c1ccc(NCc2cccs2)o1. The molecule has 78 valence electrons. The van der Waals surface area contributed by atoms with Crippen molar-refractivity contribution in [1.29, 1.82) is 0 Å². The molecule has 0 spiro atoms. The first-order valence-electron chi connectivity index (χ1n) is 4.35. The van der Waals surface area contributed by atoms with Crippen LogP contribution < -0.4 is 5.32 Å². The van der Waals surface area contributed by atoms with Crippen molar-refractivity contribution in [2.45, 2.75) is 6.54 Å². The van der Waals surface area contributed by atoms with Gasteiger partial charge in [0.1, 0.15) is 0 Å². The molecule has 2 aromatic rings. The van der Waals surface area contributed by atoms with E-state index in [0.717, 1.165) is 0 Å². The average molecular weight is 223 g/mol. The van der Waals surface area contributed by atoms with Crippen molar-refractivity contribution >= 4 is 23.2 Å². The van der Waals surface area contributed by atoms with Gasteiger partial charge in [-0.25, -0.2) is 4.79 Å². The van der Waals surface area contributed by atoms with Crippen molar-refractivity contribution in [1.82, 2.24) is 0 Å². The van der Waals surface area contributed by atoms with E-state index in [1.165, 1.54) is 10.9 Å². The van der Waals surface area contributed by atoms with Crippen molar-refractivity contribution < 1.29 is 14.3 Å². The van der Waals surface area contributed by atoms with E-state index in [1.807, 2.05) is 17.5 Å². The van der Waals surface area contributed by atoms with Gasteiger partial charge in [-0.3, -0.25) is 0 Å². The van der Waals surface area contributed by atoms with Gasteiger partial charge in [0.05, 0.1) is 6.54 Å². The third-order valence-electron chi connectivity index (χ3n) is 1.83. The van der Waals surface area contributed by atoms with Crippen molar-refractivity contribution in [3.8, 4) is 0 Å². The van der Waals surface area contributed by atoms with E-state index in [-0.39, 0.29) is 5.76 Å². The van der Waals surface area contributed by atoms with Gasteiger partial charge in [-0.15, -0.1) is 11.3 Å². The van der Waals surface area contributed by atoms with Crippen LogP contribution in [0.2, 0.25) is 0 Å². The molecule has 0 atom stereocenters. The van der Waals surface area contributed by atoms with Crippen molar-refractivity contribution in [3.05, 3.63) is 40.3 Å². The number of thiophene rings is 1. The number of aromatic carboxylic acids is 1. The van der Waals surface area contributed by atoms with E-state index < -0.39 is 5.97 Å². The Morgan fingerprint density at radius 3 is 2.93 bits per heavy atom. The number of anilines is 1. The highest BCUT2D eigenvalue weighted by atomic mass is 32.1. The van der Waals surface area contributed by atoms with Gasteiger partial charge in [0.15, 0.2) is 5.88 Å². The van der Waals surface area contributed by atoms with Crippen LogP contribution in [0.4, 0.5) is 5.88 Å². The smallest absolute Gasteiger partial charge is 0.371 e. The lowest BCUT2D eigenvalue weighted by molar-refractivity contribution is 0.0663. The van der Waals surface area contributed by atoms with Gasteiger partial charge in [0, 0.05) is 10.9 Å². The van der Waals surface area contributed by atoms with E-state index in [4.69, 9.17) is 9.52 Å². The monoisotopic (exact) mass is 223 g/mol. The van der Waals surface area contributed by atoms with Gasteiger partial charge in [0.2, 0.25) is 5.76 Å². The highest BCUT2D eigenvalue weighted by molar-refractivity contribution is 7.09. The fraction of sp³-hybridized carbons (Fsp3) is 0.100. The van der Waals surface area contributed by atoms with Crippen LogP contribution in [-0.2, 0) is 6.54 Å². The molecular weight excluding hydrogens is 214 g/mol. The molecule has 2 aromatic heterocycles. The molecular formula is C10H9NO3S. The Kier molecular flexibility index (Phi) is 2.73. The summed E-state index contributed by atoms with van der Waals surface area (Å²) in [6.07, 6.45) is 0. The molecule has 0 aromatic carbocycles. The molecule has 0 fully saturated rings. The van der Waals surface area contributed by atoms with E-state index in [2.05, 4.69) is 5.32 Å². The van der Waals surface area contributed by atoms with Crippen molar-refractivity contribution in [2.24, 2.45) is 0 Å². The van der Waals surface area contributed by atoms with Gasteiger partial charge >= 0.3 is 5.97 Å². The first kappa shape index (κ1) is 9.79. The lowest BCUT2D eigenvalue weighted by atomic mass is 10.4. The topological polar surface area (TPSA) is 62.5 Å². The quantitative estimate of drug-likeness (QED) is 0.836. The molecule has 0 amide bonds. The summed E-state index contributed by atoms with van der Waals surface area (Å²) >= 11 is 1.63. The number of carboxylic acids is 1. The molecule has 0 aliphatic carbocycles. The molecule has 2 heterocycles. The van der Waals surface area contributed by atoms with Gasteiger partial charge in [0.25, 0.3) is 0 Å². The Morgan fingerprint density at radius 2 is 2.33 bits per heavy atom. The fourth-order valence-corrected chi connectivity index (χ4v) is 1.78. The minimum absolute atomic E-state index is 0.0521. The molecule has 0 aliphatic rings. The van der Waals surface area contributed by atoms with E-state index in [1.54, 1.807) is 17.4 Å². The molecule has 2 N–H and O–H groups in total. The maximum Gasteiger partial charge on any atom is 0.371 e. The second kappa shape index (κ2) is 4.18. The second-order valence-electron chi connectivity index (χ2n) is 2.90.